The van der Waals surface area contributed by atoms with Gasteiger partial charge in [0.25, 0.3) is 0 Å². The summed E-state index contributed by atoms with van der Waals surface area (Å²) in [5.74, 6) is 2.63. The fraction of sp³-hybridized carbons (Fsp3) is 0.818. The predicted octanol–water partition coefficient (Wildman–Crippen LogP) is 1.29. The van der Waals surface area contributed by atoms with Gasteiger partial charge in [0, 0.05) is 18.5 Å². The Labute approximate surface area is 80.7 Å². The van der Waals surface area contributed by atoms with Crippen molar-refractivity contribution in [1.82, 2.24) is 5.32 Å². The minimum absolute atomic E-state index is 0.172. The van der Waals surface area contributed by atoms with Crippen LogP contribution in [0.1, 0.15) is 39.0 Å². The molecule has 1 rings (SSSR count). The van der Waals surface area contributed by atoms with Gasteiger partial charge in [-0.2, -0.15) is 0 Å². The van der Waals surface area contributed by atoms with E-state index in [0.29, 0.717) is 6.04 Å². The Balaban J connectivity index is 2.30. The Morgan fingerprint density at radius 2 is 2.23 bits per heavy atom. The summed E-state index contributed by atoms with van der Waals surface area (Å²) in [5, 5.41) is 13.0. The van der Waals surface area contributed by atoms with Crippen LogP contribution >= 0.6 is 0 Å². The van der Waals surface area contributed by atoms with Crippen LogP contribution in [0.4, 0.5) is 0 Å². The van der Waals surface area contributed by atoms with Crippen LogP contribution in [0.15, 0.2) is 0 Å². The largest absolute Gasteiger partial charge is 0.392 e. The van der Waals surface area contributed by atoms with Crippen LogP contribution in [-0.2, 0) is 0 Å². The van der Waals surface area contributed by atoms with E-state index < -0.39 is 0 Å². The first-order valence-electron chi connectivity index (χ1n) is 5.11. The summed E-state index contributed by atoms with van der Waals surface area (Å²) < 4.78 is 0. The Kier molecular flexibility index (Phi) is 4.27. The average molecular weight is 181 g/mol. The van der Waals surface area contributed by atoms with E-state index in [1.54, 1.807) is 0 Å². The molecule has 13 heavy (non-hydrogen) atoms. The van der Waals surface area contributed by atoms with Gasteiger partial charge in [-0.15, -0.1) is 12.3 Å². The number of hydrogen-bond donors (Lipinski definition) is 2. The van der Waals surface area contributed by atoms with E-state index in [1.165, 1.54) is 6.42 Å². The smallest absolute Gasteiger partial charge is 0.0693 e. The first kappa shape index (κ1) is 10.6. The fourth-order valence-corrected chi connectivity index (χ4v) is 1.91. The molecule has 0 aliphatic heterocycles. The zero-order chi connectivity index (χ0) is 9.68. The zero-order valence-corrected chi connectivity index (χ0v) is 8.29. The Morgan fingerprint density at radius 3 is 2.85 bits per heavy atom. The summed E-state index contributed by atoms with van der Waals surface area (Å²) in [6.45, 7) is 2.07. The lowest BCUT2D eigenvalue weighted by atomic mass is 9.92. The molecular weight excluding hydrogens is 162 g/mol. The van der Waals surface area contributed by atoms with Crippen molar-refractivity contribution in [1.29, 1.82) is 0 Å². The lowest BCUT2D eigenvalue weighted by Gasteiger charge is -2.30. The zero-order valence-electron chi connectivity index (χ0n) is 8.29. The van der Waals surface area contributed by atoms with Crippen LogP contribution in [0.25, 0.3) is 0 Å². The van der Waals surface area contributed by atoms with E-state index in [2.05, 4.69) is 18.2 Å². The van der Waals surface area contributed by atoms with Gasteiger partial charge in [0.1, 0.15) is 0 Å². The maximum Gasteiger partial charge on any atom is 0.0693 e. The van der Waals surface area contributed by atoms with Crippen LogP contribution in [0.5, 0.6) is 0 Å². The van der Waals surface area contributed by atoms with Crippen LogP contribution in [0, 0.1) is 12.3 Å². The van der Waals surface area contributed by atoms with Crippen LogP contribution in [-0.4, -0.2) is 23.3 Å². The quantitative estimate of drug-likeness (QED) is 0.643. The topological polar surface area (TPSA) is 32.3 Å². The van der Waals surface area contributed by atoms with Crippen molar-refractivity contribution in [2.24, 2.45) is 0 Å². The summed E-state index contributed by atoms with van der Waals surface area (Å²) >= 11 is 0. The second-order valence-corrected chi connectivity index (χ2v) is 3.93. The van der Waals surface area contributed by atoms with Crippen molar-refractivity contribution in [3.8, 4) is 12.3 Å². The van der Waals surface area contributed by atoms with E-state index in [0.717, 1.165) is 25.7 Å². The molecule has 1 fully saturated rings. The SMILES string of the molecule is C#CCC(C)NC1CCCCC1O. The number of aliphatic hydroxyl groups is 1. The minimum atomic E-state index is -0.172. The molecule has 2 nitrogen and oxygen atoms in total. The Hall–Kier alpha value is -0.520. The highest BCUT2D eigenvalue weighted by Crippen LogP contribution is 2.18. The van der Waals surface area contributed by atoms with Gasteiger partial charge >= 0.3 is 0 Å². The second-order valence-electron chi connectivity index (χ2n) is 3.93. The molecule has 1 aliphatic rings. The van der Waals surface area contributed by atoms with Crippen molar-refractivity contribution in [2.45, 2.75) is 57.2 Å². The van der Waals surface area contributed by atoms with E-state index in [4.69, 9.17) is 6.42 Å². The van der Waals surface area contributed by atoms with Gasteiger partial charge in [-0.1, -0.05) is 12.8 Å². The fourth-order valence-electron chi connectivity index (χ4n) is 1.91. The van der Waals surface area contributed by atoms with E-state index >= 15 is 0 Å². The Bertz CT molecular complexity index is 185. The van der Waals surface area contributed by atoms with Gasteiger partial charge in [-0.3, -0.25) is 0 Å². The lowest BCUT2D eigenvalue weighted by molar-refractivity contribution is 0.0863. The summed E-state index contributed by atoms with van der Waals surface area (Å²) in [5.41, 5.74) is 0. The normalized spacial score (nSPS) is 30.8. The molecule has 0 aromatic carbocycles. The van der Waals surface area contributed by atoms with E-state index in [-0.39, 0.29) is 12.1 Å². The predicted molar refractivity (Wildman–Crippen MR) is 54.3 cm³/mol. The molecule has 0 bridgehead atoms. The maximum atomic E-state index is 9.67. The second kappa shape index (κ2) is 5.26. The first-order chi connectivity index (χ1) is 6.24. The molecule has 0 heterocycles. The average Bonchev–Trinajstić information content (AvgIpc) is 2.09. The van der Waals surface area contributed by atoms with E-state index in [1.807, 2.05) is 0 Å². The molecule has 0 aromatic rings. The van der Waals surface area contributed by atoms with Crippen molar-refractivity contribution < 1.29 is 5.11 Å². The molecule has 0 radical (unpaired) electrons. The summed E-state index contributed by atoms with van der Waals surface area (Å²) in [6, 6.07) is 0.583. The van der Waals surface area contributed by atoms with Crippen molar-refractivity contribution in [3.63, 3.8) is 0 Å². The van der Waals surface area contributed by atoms with Gasteiger partial charge in [0.2, 0.25) is 0 Å². The highest BCUT2D eigenvalue weighted by atomic mass is 16.3. The molecule has 2 heteroatoms. The van der Waals surface area contributed by atoms with Gasteiger partial charge in [0.15, 0.2) is 0 Å². The molecule has 1 saturated carbocycles. The van der Waals surface area contributed by atoms with Gasteiger partial charge in [0.05, 0.1) is 6.10 Å². The molecule has 3 atom stereocenters. The number of aliphatic hydroxyl groups excluding tert-OH is 1. The molecule has 74 valence electrons. The maximum absolute atomic E-state index is 9.67. The number of rotatable bonds is 3. The van der Waals surface area contributed by atoms with Crippen molar-refractivity contribution in [2.75, 3.05) is 0 Å². The van der Waals surface area contributed by atoms with Gasteiger partial charge in [-0.05, 0) is 19.8 Å². The van der Waals surface area contributed by atoms with Gasteiger partial charge < -0.3 is 10.4 Å². The summed E-state index contributed by atoms with van der Waals surface area (Å²) in [7, 11) is 0. The third kappa shape index (κ3) is 3.38. The first-order valence-corrected chi connectivity index (χ1v) is 5.11. The molecule has 0 spiro atoms. The third-order valence-electron chi connectivity index (χ3n) is 2.65. The van der Waals surface area contributed by atoms with Crippen molar-refractivity contribution in [3.05, 3.63) is 0 Å². The highest BCUT2D eigenvalue weighted by Gasteiger charge is 2.23. The number of terminal acetylenes is 1. The highest BCUT2D eigenvalue weighted by molar-refractivity contribution is 4.90. The third-order valence-corrected chi connectivity index (χ3v) is 2.65. The minimum Gasteiger partial charge on any atom is -0.392 e. The number of nitrogens with one attached hydrogen (secondary N) is 1. The lowest BCUT2D eigenvalue weighted by Crippen LogP contribution is -2.45. The van der Waals surface area contributed by atoms with Crippen LogP contribution in [0.2, 0.25) is 0 Å². The van der Waals surface area contributed by atoms with Gasteiger partial charge in [-0.25, -0.2) is 0 Å². The summed E-state index contributed by atoms with van der Waals surface area (Å²) in [4.78, 5) is 0. The molecule has 3 unspecified atom stereocenters. The molecule has 0 aromatic heterocycles. The monoisotopic (exact) mass is 181 g/mol. The molecule has 0 amide bonds. The molecular formula is C11H19NO. The van der Waals surface area contributed by atoms with Crippen LogP contribution in [0.3, 0.4) is 0 Å². The van der Waals surface area contributed by atoms with Crippen molar-refractivity contribution >= 4 is 0 Å². The molecule has 0 saturated heterocycles. The van der Waals surface area contributed by atoms with E-state index in [9.17, 15) is 5.11 Å². The number of hydrogen-bond acceptors (Lipinski definition) is 2. The van der Waals surface area contributed by atoms with Crippen LogP contribution < -0.4 is 5.32 Å². The standard InChI is InChI=1S/C11H19NO/c1-3-6-9(2)12-10-7-4-5-8-11(10)13/h1,9-13H,4-8H2,2H3. The molecule has 2 N–H and O–H groups in total. The Morgan fingerprint density at radius 1 is 1.54 bits per heavy atom. The molecule has 1 aliphatic carbocycles. The summed E-state index contributed by atoms with van der Waals surface area (Å²) in [6.07, 6.45) is 10.2.